The van der Waals surface area contributed by atoms with Crippen LogP contribution in [0.2, 0.25) is 0 Å². The highest BCUT2D eigenvalue weighted by Gasteiger charge is 2.28. The molecular formula is C13H18BrNO2. The van der Waals surface area contributed by atoms with Crippen LogP contribution in [-0.4, -0.2) is 10.2 Å². The van der Waals surface area contributed by atoms with Crippen molar-refractivity contribution in [2.24, 2.45) is 0 Å². The van der Waals surface area contributed by atoms with Crippen molar-refractivity contribution in [1.29, 1.82) is 0 Å². The molecule has 17 heavy (non-hydrogen) atoms. The average Bonchev–Trinajstić information content (AvgIpc) is 2.30. The zero-order chi connectivity index (χ0) is 12.7. The van der Waals surface area contributed by atoms with Crippen molar-refractivity contribution in [1.82, 2.24) is 5.48 Å². The van der Waals surface area contributed by atoms with Crippen molar-refractivity contribution in [3.05, 3.63) is 35.9 Å². The molecule has 0 spiro atoms. The number of nitrogens with one attached hydrogen (secondary N) is 1. The van der Waals surface area contributed by atoms with E-state index in [1.54, 1.807) is 0 Å². The second-order valence-electron chi connectivity index (χ2n) is 4.15. The van der Waals surface area contributed by atoms with Gasteiger partial charge in [0.15, 0.2) is 0 Å². The van der Waals surface area contributed by atoms with E-state index in [-0.39, 0.29) is 5.91 Å². The van der Waals surface area contributed by atoms with Crippen LogP contribution in [0.5, 0.6) is 0 Å². The molecule has 0 aliphatic rings. The molecule has 1 aromatic carbocycles. The summed E-state index contributed by atoms with van der Waals surface area (Å²) >= 11 is 3.40. The van der Waals surface area contributed by atoms with Gasteiger partial charge in [0.25, 0.3) is 5.91 Å². The highest BCUT2D eigenvalue weighted by molar-refractivity contribution is 9.10. The summed E-state index contributed by atoms with van der Waals surface area (Å²) in [7, 11) is 0. The fourth-order valence-corrected chi connectivity index (χ4v) is 1.93. The standard InChI is InChI=1S/C13H18BrNO2/c1-3-9-13(2,14)12(16)15-17-10-11-7-5-4-6-8-11/h4-8H,3,9-10H2,1-2H3,(H,15,16). The Labute approximate surface area is 111 Å². The highest BCUT2D eigenvalue weighted by atomic mass is 79.9. The van der Waals surface area contributed by atoms with E-state index in [9.17, 15) is 4.79 Å². The first-order valence-corrected chi connectivity index (χ1v) is 6.50. The first-order valence-electron chi connectivity index (χ1n) is 5.71. The molecule has 0 aliphatic carbocycles. The Morgan fingerprint density at radius 2 is 2.06 bits per heavy atom. The topological polar surface area (TPSA) is 38.3 Å². The summed E-state index contributed by atoms with van der Waals surface area (Å²) in [6, 6.07) is 9.72. The van der Waals surface area contributed by atoms with Crippen LogP contribution < -0.4 is 5.48 Å². The molecule has 0 bridgehead atoms. The fraction of sp³-hybridized carbons (Fsp3) is 0.462. The monoisotopic (exact) mass is 299 g/mol. The Balaban J connectivity index is 2.34. The summed E-state index contributed by atoms with van der Waals surface area (Å²) in [5.74, 6) is -0.143. The Morgan fingerprint density at radius 1 is 1.41 bits per heavy atom. The van der Waals surface area contributed by atoms with E-state index < -0.39 is 4.32 Å². The van der Waals surface area contributed by atoms with Gasteiger partial charge in [0.05, 0.1) is 6.61 Å². The lowest BCUT2D eigenvalue weighted by molar-refractivity contribution is -0.136. The lowest BCUT2D eigenvalue weighted by atomic mass is 10.1. The number of benzene rings is 1. The first-order chi connectivity index (χ1) is 8.06. The minimum atomic E-state index is -0.557. The fourth-order valence-electron chi connectivity index (χ4n) is 1.45. The van der Waals surface area contributed by atoms with Crippen molar-refractivity contribution >= 4 is 21.8 Å². The first kappa shape index (κ1) is 14.2. The number of alkyl halides is 1. The Kier molecular flexibility index (Phi) is 5.65. The summed E-state index contributed by atoms with van der Waals surface area (Å²) < 4.78 is -0.557. The number of halogens is 1. The van der Waals surface area contributed by atoms with Gasteiger partial charge in [-0.15, -0.1) is 0 Å². The highest BCUT2D eigenvalue weighted by Crippen LogP contribution is 2.23. The van der Waals surface area contributed by atoms with Crippen LogP contribution >= 0.6 is 15.9 Å². The number of hydrogen-bond donors (Lipinski definition) is 1. The maximum Gasteiger partial charge on any atom is 0.260 e. The number of carbonyl (C=O) groups is 1. The number of hydrogen-bond acceptors (Lipinski definition) is 2. The quantitative estimate of drug-likeness (QED) is 0.647. The average molecular weight is 300 g/mol. The maximum atomic E-state index is 11.8. The molecule has 0 radical (unpaired) electrons. The normalized spacial score (nSPS) is 14.1. The van der Waals surface area contributed by atoms with Crippen LogP contribution in [0.15, 0.2) is 30.3 Å². The number of rotatable bonds is 6. The third-order valence-electron chi connectivity index (χ3n) is 2.44. The molecule has 4 heteroatoms. The molecule has 0 aromatic heterocycles. The molecule has 0 heterocycles. The molecule has 1 aromatic rings. The van der Waals surface area contributed by atoms with Crippen molar-refractivity contribution in [2.45, 2.75) is 37.6 Å². The van der Waals surface area contributed by atoms with Gasteiger partial charge in [-0.2, -0.15) is 0 Å². The van der Waals surface area contributed by atoms with Crippen LogP contribution in [0.3, 0.4) is 0 Å². The second-order valence-corrected chi connectivity index (χ2v) is 5.90. The van der Waals surface area contributed by atoms with Gasteiger partial charge >= 0.3 is 0 Å². The van der Waals surface area contributed by atoms with E-state index in [4.69, 9.17) is 4.84 Å². The summed E-state index contributed by atoms with van der Waals surface area (Å²) in [6.07, 6.45) is 1.71. The second kappa shape index (κ2) is 6.77. The van der Waals surface area contributed by atoms with Crippen molar-refractivity contribution in [3.63, 3.8) is 0 Å². The number of hydroxylamine groups is 1. The molecule has 1 N–H and O–H groups in total. The molecule has 0 saturated heterocycles. The van der Waals surface area contributed by atoms with Crippen molar-refractivity contribution in [2.75, 3.05) is 0 Å². The van der Waals surface area contributed by atoms with Crippen LogP contribution in [0, 0.1) is 0 Å². The molecular weight excluding hydrogens is 282 g/mol. The largest absolute Gasteiger partial charge is 0.271 e. The lowest BCUT2D eigenvalue weighted by Crippen LogP contribution is -2.39. The van der Waals surface area contributed by atoms with E-state index in [0.717, 1.165) is 18.4 Å². The van der Waals surface area contributed by atoms with Gasteiger partial charge in [0.2, 0.25) is 0 Å². The third kappa shape index (κ3) is 4.88. The predicted molar refractivity (Wildman–Crippen MR) is 71.6 cm³/mol. The number of amides is 1. The van der Waals surface area contributed by atoms with Crippen LogP contribution in [-0.2, 0) is 16.2 Å². The molecule has 1 rings (SSSR count). The summed E-state index contributed by atoms with van der Waals surface area (Å²) in [5, 5.41) is 0. The van der Waals surface area contributed by atoms with Crippen LogP contribution in [0.25, 0.3) is 0 Å². The van der Waals surface area contributed by atoms with E-state index in [1.165, 1.54) is 0 Å². The minimum absolute atomic E-state index is 0.143. The molecule has 1 amide bonds. The smallest absolute Gasteiger partial charge is 0.260 e. The minimum Gasteiger partial charge on any atom is -0.271 e. The van der Waals surface area contributed by atoms with Gasteiger partial charge in [0.1, 0.15) is 4.32 Å². The maximum absolute atomic E-state index is 11.8. The van der Waals surface area contributed by atoms with Crippen molar-refractivity contribution in [3.8, 4) is 0 Å². The van der Waals surface area contributed by atoms with Gasteiger partial charge in [0, 0.05) is 0 Å². The summed E-state index contributed by atoms with van der Waals surface area (Å²) in [5.41, 5.74) is 3.50. The van der Waals surface area contributed by atoms with Gasteiger partial charge in [-0.1, -0.05) is 59.6 Å². The van der Waals surface area contributed by atoms with Gasteiger partial charge < -0.3 is 0 Å². The zero-order valence-corrected chi connectivity index (χ0v) is 11.8. The molecule has 94 valence electrons. The van der Waals surface area contributed by atoms with E-state index in [0.29, 0.717) is 6.61 Å². The predicted octanol–water partition coefficient (Wildman–Crippen LogP) is 3.19. The SMILES string of the molecule is CCCC(C)(Br)C(=O)NOCc1ccccc1. The van der Waals surface area contributed by atoms with Crippen LogP contribution in [0.4, 0.5) is 0 Å². The molecule has 3 nitrogen and oxygen atoms in total. The van der Waals surface area contributed by atoms with Gasteiger partial charge in [-0.05, 0) is 18.9 Å². The van der Waals surface area contributed by atoms with Gasteiger partial charge in [-0.25, -0.2) is 5.48 Å². The Bertz CT molecular complexity index is 352. The van der Waals surface area contributed by atoms with E-state index in [1.807, 2.05) is 44.2 Å². The lowest BCUT2D eigenvalue weighted by Gasteiger charge is -2.20. The zero-order valence-electron chi connectivity index (χ0n) is 10.2. The molecule has 0 aliphatic heterocycles. The van der Waals surface area contributed by atoms with Gasteiger partial charge in [-0.3, -0.25) is 9.63 Å². The molecule has 1 atom stereocenters. The molecule has 0 saturated carbocycles. The van der Waals surface area contributed by atoms with Crippen molar-refractivity contribution < 1.29 is 9.63 Å². The molecule has 0 fully saturated rings. The van der Waals surface area contributed by atoms with Crippen LogP contribution in [0.1, 0.15) is 32.3 Å². The Hall–Kier alpha value is -0.870. The Morgan fingerprint density at radius 3 is 2.65 bits per heavy atom. The van der Waals surface area contributed by atoms with E-state index in [2.05, 4.69) is 21.4 Å². The third-order valence-corrected chi connectivity index (χ3v) is 3.20. The van der Waals surface area contributed by atoms with E-state index >= 15 is 0 Å². The summed E-state index contributed by atoms with van der Waals surface area (Å²) in [4.78, 5) is 16.9. The molecule has 1 unspecified atom stereocenters. The number of carbonyl (C=O) groups excluding carboxylic acids is 1. The summed E-state index contributed by atoms with van der Waals surface area (Å²) in [6.45, 7) is 4.26.